The van der Waals surface area contributed by atoms with E-state index in [1.165, 1.54) is 4.90 Å². The number of imide groups is 1. The first-order valence-corrected chi connectivity index (χ1v) is 8.32. The molecule has 3 rings (SSSR count). The van der Waals surface area contributed by atoms with Crippen LogP contribution in [0.15, 0.2) is 48.7 Å². The summed E-state index contributed by atoms with van der Waals surface area (Å²) in [5, 5.41) is -0.251. The number of hydrogen-bond acceptors (Lipinski definition) is 5. The molecule has 6 heteroatoms. The molecule has 1 aliphatic heterocycles. The minimum Gasteiger partial charge on any atom is -0.367 e. The highest BCUT2D eigenvalue weighted by molar-refractivity contribution is 8.15. The van der Waals surface area contributed by atoms with E-state index in [1.807, 2.05) is 43.3 Å². The molecule has 1 atom stereocenters. The fourth-order valence-corrected chi connectivity index (χ4v) is 3.24. The molecule has 1 aromatic carbocycles. The third-order valence-corrected chi connectivity index (χ3v) is 4.32. The Hall–Kier alpha value is -2.18. The van der Waals surface area contributed by atoms with Crippen molar-refractivity contribution in [3.05, 3.63) is 59.9 Å². The van der Waals surface area contributed by atoms with Crippen molar-refractivity contribution in [1.29, 1.82) is 0 Å². The van der Waals surface area contributed by atoms with Gasteiger partial charge in [-0.3, -0.25) is 14.6 Å². The molecule has 1 saturated heterocycles. The number of thioether (sulfide) groups is 1. The molecule has 0 saturated carbocycles. The average molecular weight is 328 g/mol. The van der Waals surface area contributed by atoms with Gasteiger partial charge in [-0.1, -0.05) is 36.0 Å². The molecule has 1 unspecified atom stereocenters. The zero-order valence-corrected chi connectivity index (χ0v) is 13.5. The first-order chi connectivity index (χ1) is 11.2. The SMILES string of the molecule is CCOC(c1ccccn1)c1ccccc1N1C(=O)CSC1=O. The zero-order chi connectivity index (χ0) is 16.2. The van der Waals surface area contributed by atoms with Gasteiger partial charge in [0.25, 0.3) is 5.24 Å². The van der Waals surface area contributed by atoms with Crippen LogP contribution in [0.3, 0.4) is 0 Å². The average Bonchev–Trinajstić information content (AvgIpc) is 2.92. The standard InChI is InChI=1S/C17H16N2O3S/c1-2-22-16(13-8-5-6-10-18-13)12-7-3-4-9-14(12)19-15(20)11-23-17(19)21/h3-10,16H,2,11H2,1H3. The molecular formula is C17H16N2O3S. The van der Waals surface area contributed by atoms with Gasteiger partial charge in [0.2, 0.25) is 5.91 Å². The zero-order valence-electron chi connectivity index (χ0n) is 12.6. The van der Waals surface area contributed by atoms with Crippen molar-refractivity contribution in [3.8, 4) is 0 Å². The lowest BCUT2D eigenvalue weighted by atomic mass is 10.0. The number of rotatable bonds is 5. The minimum absolute atomic E-state index is 0.177. The van der Waals surface area contributed by atoms with E-state index in [0.717, 1.165) is 23.0 Å². The minimum atomic E-state index is -0.427. The lowest BCUT2D eigenvalue weighted by Crippen LogP contribution is -2.29. The van der Waals surface area contributed by atoms with Gasteiger partial charge in [0, 0.05) is 18.4 Å². The van der Waals surface area contributed by atoms with Gasteiger partial charge in [0.1, 0.15) is 6.10 Å². The highest BCUT2D eigenvalue weighted by Crippen LogP contribution is 2.36. The molecule has 2 amide bonds. The molecule has 0 spiro atoms. The molecule has 5 nitrogen and oxygen atoms in total. The Balaban J connectivity index is 2.07. The van der Waals surface area contributed by atoms with Crippen molar-refractivity contribution < 1.29 is 14.3 Å². The third kappa shape index (κ3) is 3.13. The first kappa shape index (κ1) is 15.7. The maximum Gasteiger partial charge on any atom is 0.293 e. The van der Waals surface area contributed by atoms with Gasteiger partial charge in [0.05, 0.1) is 17.1 Å². The molecule has 0 bridgehead atoms. The van der Waals surface area contributed by atoms with Gasteiger partial charge >= 0.3 is 0 Å². The largest absolute Gasteiger partial charge is 0.367 e. The van der Waals surface area contributed by atoms with Crippen LogP contribution in [0.25, 0.3) is 0 Å². The van der Waals surface area contributed by atoms with Crippen LogP contribution >= 0.6 is 11.8 Å². The predicted octanol–water partition coefficient (Wildman–Crippen LogP) is 3.41. The molecule has 1 aromatic heterocycles. The molecule has 118 valence electrons. The van der Waals surface area contributed by atoms with E-state index in [9.17, 15) is 9.59 Å². The molecule has 0 aliphatic carbocycles. The van der Waals surface area contributed by atoms with Crippen molar-refractivity contribution >= 4 is 28.6 Å². The van der Waals surface area contributed by atoms with Gasteiger partial charge in [0.15, 0.2) is 0 Å². The quantitative estimate of drug-likeness (QED) is 0.842. The van der Waals surface area contributed by atoms with Crippen LogP contribution in [-0.2, 0) is 9.53 Å². The number of aromatic nitrogens is 1. The second kappa shape index (κ2) is 6.93. The highest BCUT2D eigenvalue weighted by atomic mass is 32.2. The predicted molar refractivity (Wildman–Crippen MR) is 89.5 cm³/mol. The van der Waals surface area contributed by atoms with Crippen LogP contribution in [-0.4, -0.2) is 28.5 Å². The summed E-state index contributed by atoms with van der Waals surface area (Å²) < 4.78 is 5.87. The molecule has 1 aliphatic rings. The normalized spacial score (nSPS) is 16.0. The number of anilines is 1. The Labute approximate surface area is 138 Å². The lowest BCUT2D eigenvalue weighted by Gasteiger charge is -2.23. The van der Waals surface area contributed by atoms with Gasteiger partial charge < -0.3 is 4.74 Å². The Morgan fingerprint density at radius 3 is 2.65 bits per heavy atom. The van der Waals surface area contributed by atoms with Gasteiger partial charge in [-0.15, -0.1) is 0 Å². The third-order valence-electron chi connectivity index (χ3n) is 3.50. The van der Waals surface area contributed by atoms with Crippen LogP contribution in [0.2, 0.25) is 0 Å². The maximum absolute atomic E-state index is 12.1. The molecule has 2 heterocycles. The number of carbonyl (C=O) groups excluding carboxylic acids is 2. The maximum atomic E-state index is 12.1. The van der Waals surface area contributed by atoms with E-state index >= 15 is 0 Å². The first-order valence-electron chi connectivity index (χ1n) is 7.33. The molecule has 1 fully saturated rings. The van der Waals surface area contributed by atoms with Crippen molar-refractivity contribution in [2.45, 2.75) is 13.0 Å². The summed E-state index contributed by atoms with van der Waals surface area (Å²) in [6.45, 7) is 2.40. The summed E-state index contributed by atoms with van der Waals surface area (Å²) in [6.07, 6.45) is 1.27. The molecular weight excluding hydrogens is 312 g/mol. The fraction of sp³-hybridized carbons (Fsp3) is 0.235. The second-order valence-electron chi connectivity index (χ2n) is 4.93. The fourth-order valence-electron chi connectivity index (χ4n) is 2.53. The van der Waals surface area contributed by atoms with Crippen LogP contribution in [0.1, 0.15) is 24.3 Å². The smallest absolute Gasteiger partial charge is 0.293 e. The van der Waals surface area contributed by atoms with Crippen molar-refractivity contribution in [1.82, 2.24) is 4.98 Å². The second-order valence-corrected chi connectivity index (χ2v) is 5.86. The summed E-state index contributed by atoms with van der Waals surface area (Å²) >= 11 is 1.02. The molecule has 23 heavy (non-hydrogen) atoms. The number of ether oxygens (including phenoxy) is 1. The molecule has 0 radical (unpaired) electrons. The van der Waals surface area contributed by atoms with Crippen molar-refractivity contribution in [2.75, 3.05) is 17.3 Å². The number of carbonyl (C=O) groups is 2. The number of para-hydroxylation sites is 1. The molecule has 2 aromatic rings. The van der Waals surface area contributed by atoms with Crippen LogP contribution in [0, 0.1) is 0 Å². The van der Waals surface area contributed by atoms with E-state index in [2.05, 4.69) is 4.98 Å². The summed E-state index contributed by atoms with van der Waals surface area (Å²) in [5.74, 6) is -0.0282. The number of nitrogens with zero attached hydrogens (tertiary/aromatic N) is 2. The summed E-state index contributed by atoms with van der Waals surface area (Å²) in [5.41, 5.74) is 2.07. The van der Waals surface area contributed by atoms with E-state index in [-0.39, 0.29) is 16.9 Å². The van der Waals surface area contributed by atoms with E-state index in [0.29, 0.717) is 12.3 Å². The van der Waals surface area contributed by atoms with Gasteiger partial charge in [-0.05, 0) is 25.1 Å². The van der Waals surface area contributed by atoms with Crippen LogP contribution < -0.4 is 4.90 Å². The Morgan fingerprint density at radius 1 is 1.22 bits per heavy atom. The molecule has 0 N–H and O–H groups in total. The van der Waals surface area contributed by atoms with Gasteiger partial charge in [-0.2, -0.15) is 0 Å². The van der Waals surface area contributed by atoms with Gasteiger partial charge in [-0.25, -0.2) is 4.90 Å². The number of pyridine rings is 1. The summed E-state index contributed by atoms with van der Waals surface area (Å²) in [6, 6.07) is 12.9. The number of benzene rings is 1. The Kier molecular flexibility index (Phi) is 4.73. The Bertz CT molecular complexity index is 705. The van der Waals surface area contributed by atoms with Crippen molar-refractivity contribution in [3.63, 3.8) is 0 Å². The number of hydrogen-bond donors (Lipinski definition) is 0. The topological polar surface area (TPSA) is 59.5 Å². The van der Waals surface area contributed by atoms with E-state index < -0.39 is 6.10 Å². The Morgan fingerprint density at radius 2 is 2.00 bits per heavy atom. The lowest BCUT2D eigenvalue weighted by molar-refractivity contribution is -0.115. The van der Waals surface area contributed by atoms with Crippen LogP contribution in [0.5, 0.6) is 0 Å². The van der Waals surface area contributed by atoms with Crippen molar-refractivity contribution in [2.24, 2.45) is 0 Å². The highest BCUT2D eigenvalue weighted by Gasteiger charge is 2.34. The van der Waals surface area contributed by atoms with Crippen LogP contribution in [0.4, 0.5) is 10.5 Å². The van der Waals surface area contributed by atoms with E-state index in [1.54, 1.807) is 12.3 Å². The van der Waals surface area contributed by atoms with E-state index in [4.69, 9.17) is 4.74 Å². The summed E-state index contributed by atoms with van der Waals surface area (Å²) in [4.78, 5) is 29.7. The monoisotopic (exact) mass is 328 g/mol. The summed E-state index contributed by atoms with van der Waals surface area (Å²) in [7, 11) is 0. The number of amides is 2.